The van der Waals surface area contributed by atoms with Gasteiger partial charge in [-0.15, -0.1) is 0 Å². The van der Waals surface area contributed by atoms with Gasteiger partial charge in [-0.3, -0.25) is 4.79 Å². The van der Waals surface area contributed by atoms with Crippen molar-refractivity contribution in [2.45, 2.75) is 45.2 Å². The molecule has 160 valence electrons. The Labute approximate surface area is 187 Å². The summed E-state index contributed by atoms with van der Waals surface area (Å²) in [5.41, 5.74) is 5.95. The largest absolute Gasteiger partial charge is 0.396 e. The van der Waals surface area contributed by atoms with Gasteiger partial charge in [-0.05, 0) is 67.1 Å². The second-order valence-electron chi connectivity index (χ2n) is 8.67. The van der Waals surface area contributed by atoms with Gasteiger partial charge in [-0.25, -0.2) is 4.68 Å². The number of hydrogen-bond acceptors (Lipinski definition) is 3. The summed E-state index contributed by atoms with van der Waals surface area (Å²) in [6.45, 7) is 2.72. The van der Waals surface area contributed by atoms with Crippen LogP contribution in [-0.2, 0) is 13.0 Å². The highest BCUT2D eigenvalue weighted by atomic mass is 35.5. The zero-order valence-electron chi connectivity index (χ0n) is 17.6. The third-order valence-electron chi connectivity index (χ3n) is 6.89. The first kappa shape index (κ1) is 20.3. The van der Waals surface area contributed by atoms with Crippen LogP contribution in [0.15, 0.2) is 48.8 Å². The van der Waals surface area contributed by atoms with Crippen LogP contribution in [0.4, 0.5) is 0 Å². The highest BCUT2D eigenvalue weighted by molar-refractivity contribution is 6.33. The smallest absolute Gasteiger partial charge is 0.254 e. The molecule has 5 rings (SSSR count). The van der Waals surface area contributed by atoms with E-state index in [0.717, 1.165) is 52.8 Å². The summed E-state index contributed by atoms with van der Waals surface area (Å²) in [4.78, 5) is 15.2. The molecule has 1 amide bonds. The van der Waals surface area contributed by atoms with Crippen LogP contribution < -0.4 is 0 Å². The Kier molecular flexibility index (Phi) is 5.32. The monoisotopic (exact) mass is 435 g/mol. The number of carbonyl (C=O) groups excluding carboxylic acids is 1. The van der Waals surface area contributed by atoms with Gasteiger partial charge in [0, 0.05) is 53.7 Å². The van der Waals surface area contributed by atoms with Crippen LogP contribution >= 0.6 is 11.6 Å². The summed E-state index contributed by atoms with van der Waals surface area (Å²) < 4.78 is 1.83. The fourth-order valence-corrected chi connectivity index (χ4v) is 5.38. The number of nitrogens with zero attached hydrogens (tertiary/aromatic N) is 3. The maximum absolute atomic E-state index is 13.3. The molecule has 0 unspecified atom stereocenters. The van der Waals surface area contributed by atoms with Crippen LogP contribution in [-0.4, -0.2) is 38.3 Å². The fourth-order valence-electron chi connectivity index (χ4n) is 5.10. The number of fused-ring (bicyclic) bond motifs is 1. The Balaban J connectivity index is 1.41. The Bertz CT molecular complexity index is 1110. The van der Waals surface area contributed by atoms with Crippen molar-refractivity contribution in [3.05, 3.63) is 81.6 Å². The molecule has 0 bridgehead atoms. The Hall–Kier alpha value is -2.63. The Morgan fingerprint density at radius 1 is 1.23 bits per heavy atom. The van der Waals surface area contributed by atoms with Crippen LogP contribution in [0.2, 0.25) is 5.02 Å². The van der Waals surface area contributed by atoms with Gasteiger partial charge in [0.15, 0.2) is 0 Å². The van der Waals surface area contributed by atoms with E-state index in [0.29, 0.717) is 18.0 Å². The molecule has 0 radical (unpaired) electrons. The first-order chi connectivity index (χ1) is 15.1. The van der Waals surface area contributed by atoms with E-state index in [4.69, 9.17) is 11.6 Å². The summed E-state index contributed by atoms with van der Waals surface area (Å²) in [5, 5.41) is 14.7. The molecule has 2 atom stereocenters. The molecule has 1 aliphatic heterocycles. The highest BCUT2D eigenvalue weighted by Crippen LogP contribution is 2.39. The van der Waals surface area contributed by atoms with Crippen molar-refractivity contribution in [3.63, 3.8) is 0 Å². The second-order valence-corrected chi connectivity index (χ2v) is 9.05. The summed E-state index contributed by atoms with van der Waals surface area (Å²) in [7, 11) is 0. The van der Waals surface area contributed by atoms with Crippen molar-refractivity contribution < 1.29 is 9.90 Å². The summed E-state index contributed by atoms with van der Waals surface area (Å²) >= 11 is 6.77. The summed E-state index contributed by atoms with van der Waals surface area (Å²) in [5.74, 6) is 0.225. The maximum Gasteiger partial charge on any atom is 0.254 e. The molecule has 2 heterocycles. The number of amides is 1. The number of aromatic nitrogens is 2. The van der Waals surface area contributed by atoms with Crippen molar-refractivity contribution in [1.29, 1.82) is 0 Å². The SMILES string of the molecule is Cc1c(Cc2ccc(-n3cccn3)cc2)cc2c(c1Cl)CN([C@H]1CCC[C@@H]1CO)C2=O. The minimum Gasteiger partial charge on any atom is -0.396 e. The molecule has 2 aliphatic rings. The molecule has 1 N–H and O–H groups in total. The maximum atomic E-state index is 13.3. The summed E-state index contributed by atoms with van der Waals surface area (Å²) in [6, 6.07) is 12.3. The van der Waals surface area contributed by atoms with Crippen molar-refractivity contribution in [2.24, 2.45) is 5.92 Å². The van der Waals surface area contributed by atoms with Gasteiger partial charge in [0.2, 0.25) is 0 Å². The number of hydrogen-bond donors (Lipinski definition) is 1. The number of aliphatic hydroxyl groups excluding tert-OH is 1. The molecule has 0 saturated heterocycles. The van der Waals surface area contributed by atoms with E-state index in [-0.39, 0.29) is 24.5 Å². The lowest BCUT2D eigenvalue weighted by molar-refractivity contribution is 0.0612. The minimum absolute atomic E-state index is 0.0533. The highest BCUT2D eigenvalue weighted by Gasteiger charge is 2.40. The number of halogens is 1. The predicted molar refractivity (Wildman–Crippen MR) is 121 cm³/mol. The zero-order chi connectivity index (χ0) is 21.5. The van der Waals surface area contributed by atoms with Gasteiger partial charge < -0.3 is 10.0 Å². The molecule has 31 heavy (non-hydrogen) atoms. The van der Waals surface area contributed by atoms with E-state index in [9.17, 15) is 9.90 Å². The first-order valence-electron chi connectivity index (χ1n) is 10.9. The van der Waals surface area contributed by atoms with E-state index in [2.05, 4.69) is 29.4 Å². The molecular formula is C25H26ClN3O2. The van der Waals surface area contributed by atoms with Gasteiger partial charge in [-0.2, -0.15) is 5.10 Å². The van der Waals surface area contributed by atoms with Crippen molar-refractivity contribution in [2.75, 3.05) is 6.61 Å². The van der Waals surface area contributed by atoms with Gasteiger partial charge in [0.1, 0.15) is 0 Å². The molecule has 5 nitrogen and oxygen atoms in total. The third kappa shape index (κ3) is 3.56. The number of carbonyl (C=O) groups is 1. The van der Waals surface area contributed by atoms with E-state index in [1.165, 1.54) is 0 Å². The van der Waals surface area contributed by atoms with Gasteiger partial charge >= 0.3 is 0 Å². The quantitative estimate of drug-likeness (QED) is 0.640. The normalized spacial score (nSPS) is 20.5. The van der Waals surface area contributed by atoms with Crippen LogP contribution in [0, 0.1) is 12.8 Å². The van der Waals surface area contributed by atoms with Crippen molar-refractivity contribution >= 4 is 17.5 Å². The van der Waals surface area contributed by atoms with Crippen molar-refractivity contribution in [3.8, 4) is 5.69 Å². The van der Waals surface area contributed by atoms with E-state index in [1.807, 2.05) is 34.8 Å². The topological polar surface area (TPSA) is 58.4 Å². The molecule has 6 heteroatoms. The second kappa shape index (κ2) is 8.13. The lowest BCUT2D eigenvalue weighted by Crippen LogP contribution is -2.39. The first-order valence-corrected chi connectivity index (χ1v) is 11.3. The number of aliphatic hydroxyl groups is 1. The molecule has 1 aliphatic carbocycles. The molecule has 0 spiro atoms. The molecule has 3 aromatic rings. The predicted octanol–water partition coefficient (Wildman–Crippen LogP) is 4.54. The number of benzene rings is 2. The minimum atomic E-state index is 0.0533. The van der Waals surface area contributed by atoms with Crippen LogP contribution in [0.5, 0.6) is 0 Å². The van der Waals surface area contributed by atoms with Gasteiger partial charge in [0.05, 0.1) is 5.69 Å². The van der Waals surface area contributed by atoms with E-state index < -0.39 is 0 Å². The van der Waals surface area contributed by atoms with Gasteiger partial charge in [0.25, 0.3) is 5.91 Å². The Morgan fingerprint density at radius 3 is 2.74 bits per heavy atom. The van der Waals surface area contributed by atoms with Gasteiger partial charge in [-0.1, -0.05) is 30.2 Å². The Morgan fingerprint density at radius 2 is 2.03 bits per heavy atom. The van der Waals surface area contributed by atoms with E-state index in [1.54, 1.807) is 6.20 Å². The standard InChI is InChI=1S/C25H26ClN3O2/c1-16-19(12-17-6-8-20(9-7-17)29-11-3-10-27-29)13-21-22(24(16)26)14-28(25(21)31)23-5-2-4-18(23)15-30/h3,6-11,13,18,23,30H,2,4-5,12,14-15H2,1H3/t18-,23+/m1/s1. The lowest BCUT2D eigenvalue weighted by Gasteiger charge is -2.28. The van der Waals surface area contributed by atoms with Crippen molar-refractivity contribution in [1.82, 2.24) is 14.7 Å². The fraction of sp³-hybridized carbons (Fsp3) is 0.360. The lowest BCUT2D eigenvalue weighted by atomic mass is 9.95. The van der Waals surface area contributed by atoms with Crippen LogP contribution in [0.25, 0.3) is 5.69 Å². The third-order valence-corrected chi connectivity index (χ3v) is 7.40. The van der Waals surface area contributed by atoms with E-state index >= 15 is 0 Å². The van der Waals surface area contributed by atoms with Crippen LogP contribution in [0.1, 0.15) is 51.9 Å². The average Bonchev–Trinajstić information content (AvgIpc) is 3.53. The number of rotatable bonds is 5. The molecule has 1 saturated carbocycles. The molecule has 1 aromatic heterocycles. The summed E-state index contributed by atoms with van der Waals surface area (Å²) in [6.07, 6.45) is 7.39. The average molecular weight is 436 g/mol. The van der Waals surface area contributed by atoms with Crippen LogP contribution in [0.3, 0.4) is 0 Å². The zero-order valence-corrected chi connectivity index (χ0v) is 18.3. The molecule has 2 aromatic carbocycles. The molecule has 1 fully saturated rings. The molecular weight excluding hydrogens is 410 g/mol.